The Kier molecular flexibility index (Phi) is 2.83. The second-order valence-electron chi connectivity index (χ2n) is 5.73. The molecule has 2 bridgehead atoms. The second kappa shape index (κ2) is 4.29. The number of fused-ring (bicyclic) bond motifs is 2. The molecule has 15 heavy (non-hydrogen) atoms. The molecule has 0 aromatic heterocycles. The molecule has 2 atom stereocenters. The number of nitrogens with one attached hydrogen (secondary N) is 1. The normalized spacial score (nSPS) is 35.9. The molecular weight excluding hydrogens is 182 g/mol. The Labute approximate surface area is 93.3 Å². The van der Waals surface area contributed by atoms with Gasteiger partial charge in [-0.1, -0.05) is 30.9 Å². The summed E-state index contributed by atoms with van der Waals surface area (Å²) in [6, 6.07) is 0.832. The Balaban J connectivity index is 1.47. The molecule has 0 aromatic rings. The molecule has 1 N–H and O–H groups in total. The predicted octanol–water partition coefficient (Wildman–Crippen LogP) is 3.27. The summed E-state index contributed by atoms with van der Waals surface area (Å²) in [4.78, 5) is 0. The summed E-state index contributed by atoms with van der Waals surface area (Å²) in [6.45, 7) is 1.20. The molecule has 1 heteroatoms. The van der Waals surface area contributed by atoms with Crippen LogP contribution in [-0.2, 0) is 0 Å². The Bertz CT molecular complexity index is 250. The van der Waals surface area contributed by atoms with E-state index in [9.17, 15) is 0 Å². The van der Waals surface area contributed by atoms with E-state index in [4.69, 9.17) is 0 Å². The van der Waals surface area contributed by atoms with E-state index >= 15 is 0 Å². The van der Waals surface area contributed by atoms with Gasteiger partial charge >= 0.3 is 0 Å². The minimum Gasteiger partial charge on any atom is -0.310 e. The largest absolute Gasteiger partial charge is 0.310 e. The molecule has 2 saturated carbocycles. The highest BCUT2D eigenvalue weighted by Crippen LogP contribution is 2.43. The molecule has 0 amide bonds. The number of rotatable bonds is 3. The molecule has 1 nitrogen and oxygen atoms in total. The molecule has 2 fully saturated rings. The van der Waals surface area contributed by atoms with E-state index in [2.05, 4.69) is 11.4 Å². The monoisotopic (exact) mass is 205 g/mol. The van der Waals surface area contributed by atoms with Crippen LogP contribution in [0, 0.1) is 11.8 Å². The average molecular weight is 205 g/mol. The van der Waals surface area contributed by atoms with Crippen LogP contribution in [0.1, 0.15) is 51.4 Å². The van der Waals surface area contributed by atoms with E-state index < -0.39 is 0 Å². The lowest BCUT2D eigenvalue weighted by Crippen LogP contribution is -2.33. The molecule has 0 aliphatic heterocycles. The molecule has 3 aliphatic carbocycles. The maximum atomic E-state index is 3.78. The Morgan fingerprint density at radius 3 is 2.60 bits per heavy atom. The fraction of sp³-hybridized carbons (Fsp3) is 0.857. The fourth-order valence-corrected chi connectivity index (χ4v) is 3.72. The van der Waals surface area contributed by atoms with Crippen LogP contribution in [0.5, 0.6) is 0 Å². The van der Waals surface area contributed by atoms with Crippen LogP contribution in [-0.4, -0.2) is 12.6 Å². The molecule has 0 heterocycles. The van der Waals surface area contributed by atoms with Crippen LogP contribution in [0.3, 0.4) is 0 Å². The SMILES string of the molecule is C1=C(CNC2CCCCC2)C2CCC1C2. The quantitative estimate of drug-likeness (QED) is 0.697. The van der Waals surface area contributed by atoms with Gasteiger partial charge in [-0.2, -0.15) is 0 Å². The van der Waals surface area contributed by atoms with Gasteiger partial charge in [0.1, 0.15) is 0 Å². The molecule has 0 spiro atoms. The van der Waals surface area contributed by atoms with Gasteiger partial charge in [0.25, 0.3) is 0 Å². The lowest BCUT2D eigenvalue weighted by molar-refractivity contribution is 0.378. The minimum atomic E-state index is 0.832. The van der Waals surface area contributed by atoms with Crippen molar-refractivity contribution in [1.29, 1.82) is 0 Å². The summed E-state index contributed by atoms with van der Waals surface area (Å²) in [5, 5.41) is 3.78. The summed E-state index contributed by atoms with van der Waals surface area (Å²) >= 11 is 0. The van der Waals surface area contributed by atoms with E-state index in [1.807, 2.05) is 0 Å². The predicted molar refractivity (Wildman–Crippen MR) is 63.8 cm³/mol. The van der Waals surface area contributed by atoms with Crippen molar-refractivity contribution in [2.24, 2.45) is 11.8 Å². The highest BCUT2D eigenvalue weighted by Gasteiger charge is 2.32. The van der Waals surface area contributed by atoms with Crippen molar-refractivity contribution in [3.05, 3.63) is 11.6 Å². The Morgan fingerprint density at radius 2 is 1.93 bits per heavy atom. The first kappa shape index (κ1) is 9.89. The molecule has 3 rings (SSSR count). The standard InChI is InChI=1S/C14H23N/c1-2-4-14(5-3-1)15-10-13-9-11-6-7-12(13)8-11/h9,11-12,14-15H,1-8,10H2. The van der Waals surface area contributed by atoms with Gasteiger partial charge < -0.3 is 5.32 Å². The molecular formula is C14H23N. The molecule has 0 saturated heterocycles. The first-order valence-corrected chi connectivity index (χ1v) is 6.86. The zero-order valence-corrected chi connectivity index (χ0v) is 9.67. The van der Waals surface area contributed by atoms with Gasteiger partial charge in [-0.05, 0) is 43.9 Å². The van der Waals surface area contributed by atoms with Gasteiger partial charge in [0, 0.05) is 12.6 Å². The van der Waals surface area contributed by atoms with Crippen molar-refractivity contribution in [3.63, 3.8) is 0 Å². The lowest BCUT2D eigenvalue weighted by Gasteiger charge is -2.24. The Hall–Kier alpha value is -0.300. The minimum absolute atomic E-state index is 0.832. The number of hydrogen-bond donors (Lipinski definition) is 1. The highest BCUT2D eigenvalue weighted by molar-refractivity contribution is 5.20. The van der Waals surface area contributed by atoms with Gasteiger partial charge in [0.2, 0.25) is 0 Å². The topological polar surface area (TPSA) is 12.0 Å². The van der Waals surface area contributed by atoms with Crippen LogP contribution in [0.25, 0.3) is 0 Å². The van der Waals surface area contributed by atoms with Crippen LogP contribution in [0.2, 0.25) is 0 Å². The van der Waals surface area contributed by atoms with Crippen molar-refractivity contribution < 1.29 is 0 Å². The summed E-state index contributed by atoms with van der Waals surface area (Å²) in [7, 11) is 0. The smallest absolute Gasteiger partial charge is 0.0170 e. The van der Waals surface area contributed by atoms with Crippen LogP contribution >= 0.6 is 0 Å². The third kappa shape index (κ3) is 2.13. The average Bonchev–Trinajstić information content (AvgIpc) is 2.89. The zero-order chi connectivity index (χ0) is 10.1. The first-order chi connectivity index (χ1) is 7.42. The second-order valence-corrected chi connectivity index (χ2v) is 5.73. The van der Waals surface area contributed by atoms with E-state index in [0.717, 1.165) is 17.9 Å². The van der Waals surface area contributed by atoms with Crippen molar-refractivity contribution in [2.45, 2.75) is 57.4 Å². The summed E-state index contributed by atoms with van der Waals surface area (Å²) in [5.41, 5.74) is 1.75. The Morgan fingerprint density at radius 1 is 1.07 bits per heavy atom. The van der Waals surface area contributed by atoms with Gasteiger partial charge in [0.05, 0.1) is 0 Å². The van der Waals surface area contributed by atoms with E-state index in [1.165, 1.54) is 57.9 Å². The first-order valence-electron chi connectivity index (χ1n) is 6.86. The summed E-state index contributed by atoms with van der Waals surface area (Å²) in [6.07, 6.45) is 14.2. The lowest BCUT2D eigenvalue weighted by atomic mass is 9.94. The summed E-state index contributed by atoms with van der Waals surface area (Å²) < 4.78 is 0. The van der Waals surface area contributed by atoms with Gasteiger partial charge in [-0.25, -0.2) is 0 Å². The number of hydrogen-bond acceptors (Lipinski definition) is 1. The number of allylic oxidation sites excluding steroid dienone is 1. The third-order valence-corrected chi connectivity index (χ3v) is 4.65. The van der Waals surface area contributed by atoms with E-state index in [1.54, 1.807) is 5.57 Å². The molecule has 2 unspecified atom stereocenters. The molecule has 0 aromatic carbocycles. The van der Waals surface area contributed by atoms with E-state index in [-0.39, 0.29) is 0 Å². The fourth-order valence-electron chi connectivity index (χ4n) is 3.72. The maximum Gasteiger partial charge on any atom is 0.0170 e. The van der Waals surface area contributed by atoms with Gasteiger partial charge in [0.15, 0.2) is 0 Å². The zero-order valence-electron chi connectivity index (χ0n) is 9.67. The highest BCUT2D eigenvalue weighted by atomic mass is 14.9. The van der Waals surface area contributed by atoms with Gasteiger partial charge in [-0.15, -0.1) is 0 Å². The summed E-state index contributed by atoms with van der Waals surface area (Å²) in [5.74, 6) is 1.92. The van der Waals surface area contributed by atoms with Crippen molar-refractivity contribution in [1.82, 2.24) is 5.32 Å². The van der Waals surface area contributed by atoms with Crippen LogP contribution in [0.15, 0.2) is 11.6 Å². The van der Waals surface area contributed by atoms with Crippen molar-refractivity contribution in [3.8, 4) is 0 Å². The van der Waals surface area contributed by atoms with Crippen LogP contribution < -0.4 is 5.32 Å². The van der Waals surface area contributed by atoms with E-state index in [0.29, 0.717) is 0 Å². The van der Waals surface area contributed by atoms with Gasteiger partial charge in [-0.3, -0.25) is 0 Å². The molecule has 84 valence electrons. The van der Waals surface area contributed by atoms with Crippen molar-refractivity contribution >= 4 is 0 Å². The molecule has 0 radical (unpaired) electrons. The van der Waals surface area contributed by atoms with Crippen molar-refractivity contribution in [2.75, 3.05) is 6.54 Å². The third-order valence-electron chi connectivity index (χ3n) is 4.65. The van der Waals surface area contributed by atoms with Crippen LogP contribution in [0.4, 0.5) is 0 Å². The maximum absolute atomic E-state index is 3.78. The molecule has 3 aliphatic rings.